The van der Waals surface area contributed by atoms with Crippen LogP contribution in [0.2, 0.25) is 0 Å². The van der Waals surface area contributed by atoms with Crippen LogP contribution in [0, 0.1) is 5.82 Å². The zero-order valence-corrected chi connectivity index (χ0v) is 20.9. The number of ether oxygens (including phenoxy) is 2. The topological polar surface area (TPSA) is 95.6 Å². The van der Waals surface area contributed by atoms with Crippen LogP contribution >= 0.6 is 0 Å². The second kappa shape index (κ2) is 13.9. The lowest BCUT2D eigenvalue weighted by Gasteiger charge is -2.23. The van der Waals surface area contributed by atoms with Gasteiger partial charge in [0, 0.05) is 76.0 Å². The molecule has 0 amide bonds. The van der Waals surface area contributed by atoms with Gasteiger partial charge >= 0.3 is 0 Å². The predicted molar refractivity (Wildman–Crippen MR) is 141 cm³/mol. The highest BCUT2D eigenvalue weighted by Crippen LogP contribution is 2.34. The van der Waals surface area contributed by atoms with Crippen molar-refractivity contribution < 1.29 is 13.9 Å². The summed E-state index contributed by atoms with van der Waals surface area (Å²) in [6.45, 7) is 9.43. The number of fused-ring (bicyclic) bond motifs is 1. The van der Waals surface area contributed by atoms with E-state index in [1.807, 2.05) is 12.1 Å². The largest absolute Gasteiger partial charge is 0.493 e. The maximum absolute atomic E-state index is 13.6. The second-order valence-corrected chi connectivity index (χ2v) is 8.67. The fourth-order valence-electron chi connectivity index (χ4n) is 4.15. The Hall–Kier alpha value is -3.05. The van der Waals surface area contributed by atoms with Crippen molar-refractivity contribution in [2.24, 2.45) is 0 Å². The minimum Gasteiger partial charge on any atom is -0.493 e. The number of anilines is 2. The number of benzene rings is 2. The monoisotopic (exact) mass is 497 g/mol. The summed E-state index contributed by atoms with van der Waals surface area (Å²) in [6, 6.07) is 10.00. The SMILES string of the molecule is COc1cc2ncnc(Nc3cccc(F)c3)c2cc1OCCCN1CCNCCNCCNCC1. The van der Waals surface area contributed by atoms with Crippen molar-refractivity contribution in [2.75, 3.05) is 77.9 Å². The van der Waals surface area contributed by atoms with Crippen LogP contribution < -0.4 is 30.7 Å². The van der Waals surface area contributed by atoms with Crippen molar-refractivity contribution in [1.82, 2.24) is 30.8 Å². The van der Waals surface area contributed by atoms with Gasteiger partial charge in [-0.3, -0.25) is 0 Å². The Labute approximate surface area is 211 Å². The minimum atomic E-state index is -0.315. The first-order chi connectivity index (χ1) is 17.7. The van der Waals surface area contributed by atoms with E-state index in [0.29, 0.717) is 35.1 Å². The van der Waals surface area contributed by atoms with Gasteiger partial charge in [-0.2, -0.15) is 0 Å². The first-order valence-corrected chi connectivity index (χ1v) is 12.6. The molecule has 10 heteroatoms. The lowest BCUT2D eigenvalue weighted by molar-refractivity contribution is 0.229. The molecule has 36 heavy (non-hydrogen) atoms. The highest BCUT2D eigenvalue weighted by molar-refractivity contribution is 5.93. The normalized spacial score (nSPS) is 16.2. The van der Waals surface area contributed by atoms with Crippen LogP contribution in [0.1, 0.15) is 6.42 Å². The molecule has 2 aromatic carbocycles. The van der Waals surface area contributed by atoms with Crippen LogP contribution in [0.4, 0.5) is 15.9 Å². The molecular weight excluding hydrogens is 461 g/mol. The summed E-state index contributed by atoms with van der Waals surface area (Å²) < 4.78 is 25.4. The summed E-state index contributed by atoms with van der Waals surface area (Å²) in [5.74, 6) is 1.51. The van der Waals surface area contributed by atoms with E-state index in [0.717, 1.165) is 70.7 Å². The molecule has 0 atom stereocenters. The molecule has 0 aliphatic carbocycles. The van der Waals surface area contributed by atoms with E-state index in [9.17, 15) is 4.39 Å². The van der Waals surface area contributed by atoms with Gasteiger partial charge in [0.05, 0.1) is 19.2 Å². The third-order valence-electron chi connectivity index (χ3n) is 6.05. The average molecular weight is 498 g/mol. The highest BCUT2D eigenvalue weighted by atomic mass is 19.1. The Balaban J connectivity index is 1.38. The lowest BCUT2D eigenvalue weighted by Crippen LogP contribution is -2.42. The van der Waals surface area contributed by atoms with Crippen LogP contribution in [0.15, 0.2) is 42.7 Å². The zero-order valence-electron chi connectivity index (χ0n) is 20.9. The maximum Gasteiger partial charge on any atom is 0.162 e. The van der Waals surface area contributed by atoms with Gasteiger partial charge in [0.1, 0.15) is 18.0 Å². The third-order valence-corrected chi connectivity index (χ3v) is 6.05. The summed E-state index contributed by atoms with van der Waals surface area (Å²) in [4.78, 5) is 11.2. The number of methoxy groups -OCH3 is 1. The van der Waals surface area contributed by atoms with Crippen LogP contribution in [-0.2, 0) is 0 Å². The average Bonchev–Trinajstić information content (AvgIpc) is 2.87. The highest BCUT2D eigenvalue weighted by Gasteiger charge is 2.13. The Morgan fingerprint density at radius 3 is 2.42 bits per heavy atom. The van der Waals surface area contributed by atoms with Gasteiger partial charge in [-0.15, -0.1) is 0 Å². The number of hydrogen-bond donors (Lipinski definition) is 4. The molecule has 0 saturated carbocycles. The minimum absolute atomic E-state index is 0.315. The Bertz CT molecular complexity index is 1090. The van der Waals surface area contributed by atoms with Gasteiger partial charge < -0.3 is 35.6 Å². The summed E-state index contributed by atoms with van der Waals surface area (Å²) in [6.07, 6.45) is 2.37. The molecule has 0 spiro atoms. The number of nitrogens with one attached hydrogen (secondary N) is 4. The standard InChI is InChI=1S/C26H36FN7O2/c1-35-24-18-23-22(26(32-19-31-23)33-21-5-2-4-20(27)16-21)17-25(24)36-15-3-12-34-13-10-29-8-6-28-7-9-30-11-14-34/h2,4-5,16-19,28-30H,3,6-15H2,1H3,(H,31,32,33). The third kappa shape index (κ3) is 7.72. The van der Waals surface area contributed by atoms with E-state index >= 15 is 0 Å². The molecule has 194 valence electrons. The molecule has 1 saturated heterocycles. The molecule has 3 aromatic rings. The number of hydrogen-bond acceptors (Lipinski definition) is 9. The van der Waals surface area contributed by atoms with Crippen molar-refractivity contribution >= 4 is 22.4 Å². The quantitative estimate of drug-likeness (QED) is 0.350. The van der Waals surface area contributed by atoms with Crippen LogP contribution in [-0.4, -0.2) is 87.5 Å². The molecule has 1 fully saturated rings. The molecule has 1 aromatic heterocycles. The molecule has 1 aliphatic rings. The molecule has 0 bridgehead atoms. The first-order valence-electron chi connectivity index (χ1n) is 12.6. The second-order valence-electron chi connectivity index (χ2n) is 8.67. The molecule has 2 heterocycles. The summed E-state index contributed by atoms with van der Waals surface area (Å²) in [7, 11) is 1.62. The number of aromatic nitrogens is 2. The smallest absolute Gasteiger partial charge is 0.162 e. The molecule has 9 nitrogen and oxygen atoms in total. The van der Waals surface area contributed by atoms with Crippen LogP contribution in [0.25, 0.3) is 10.9 Å². The molecule has 0 unspecified atom stereocenters. The summed E-state index contributed by atoms with van der Waals surface area (Å²) >= 11 is 0. The number of rotatable bonds is 8. The molecule has 1 aliphatic heterocycles. The molecule has 4 rings (SSSR count). The maximum atomic E-state index is 13.6. The van der Waals surface area contributed by atoms with Crippen molar-refractivity contribution in [2.45, 2.75) is 6.42 Å². The van der Waals surface area contributed by atoms with E-state index in [4.69, 9.17) is 9.47 Å². The van der Waals surface area contributed by atoms with E-state index in [-0.39, 0.29) is 5.82 Å². The zero-order chi connectivity index (χ0) is 25.0. The van der Waals surface area contributed by atoms with Crippen molar-refractivity contribution in [3.63, 3.8) is 0 Å². The predicted octanol–water partition coefficient (Wildman–Crippen LogP) is 2.37. The molecular formula is C26H36FN7O2. The number of nitrogens with zero attached hydrogens (tertiary/aromatic N) is 3. The fraction of sp³-hybridized carbons (Fsp3) is 0.462. The van der Waals surface area contributed by atoms with Gasteiger partial charge in [-0.05, 0) is 30.7 Å². The van der Waals surface area contributed by atoms with E-state index in [1.54, 1.807) is 19.2 Å². The fourth-order valence-corrected chi connectivity index (χ4v) is 4.15. The van der Waals surface area contributed by atoms with Gasteiger partial charge in [0.15, 0.2) is 11.5 Å². The molecule has 0 radical (unpaired) electrons. The summed E-state index contributed by atoms with van der Waals surface area (Å²) in [5, 5.41) is 14.4. The van der Waals surface area contributed by atoms with Gasteiger partial charge in [-0.25, -0.2) is 14.4 Å². The van der Waals surface area contributed by atoms with E-state index in [2.05, 4.69) is 36.1 Å². The van der Waals surface area contributed by atoms with Crippen LogP contribution in [0.3, 0.4) is 0 Å². The van der Waals surface area contributed by atoms with E-state index < -0.39 is 0 Å². The van der Waals surface area contributed by atoms with Gasteiger partial charge in [0.2, 0.25) is 0 Å². The van der Waals surface area contributed by atoms with Crippen molar-refractivity contribution in [3.8, 4) is 11.5 Å². The Morgan fingerprint density at radius 1 is 0.944 bits per heavy atom. The van der Waals surface area contributed by atoms with Crippen molar-refractivity contribution in [3.05, 3.63) is 48.5 Å². The Kier molecular flexibility index (Phi) is 10.0. The number of halogens is 1. The summed E-state index contributed by atoms with van der Waals surface area (Å²) in [5.41, 5.74) is 1.32. The first kappa shape index (κ1) is 26.0. The van der Waals surface area contributed by atoms with Crippen LogP contribution in [0.5, 0.6) is 11.5 Å². The Morgan fingerprint density at radius 2 is 1.69 bits per heavy atom. The van der Waals surface area contributed by atoms with E-state index in [1.165, 1.54) is 18.5 Å². The lowest BCUT2D eigenvalue weighted by atomic mass is 10.2. The van der Waals surface area contributed by atoms with Crippen molar-refractivity contribution in [1.29, 1.82) is 0 Å². The van der Waals surface area contributed by atoms with Gasteiger partial charge in [-0.1, -0.05) is 6.07 Å². The molecule has 4 N–H and O–H groups in total. The van der Waals surface area contributed by atoms with Gasteiger partial charge in [0.25, 0.3) is 0 Å².